The molecule has 0 bridgehead atoms. The highest BCUT2D eigenvalue weighted by molar-refractivity contribution is 7.92. The van der Waals surface area contributed by atoms with Gasteiger partial charge in [-0.25, -0.2) is 9.78 Å². The van der Waals surface area contributed by atoms with E-state index in [4.69, 9.17) is 5.11 Å². The van der Waals surface area contributed by atoms with E-state index >= 15 is 0 Å². The summed E-state index contributed by atoms with van der Waals surface area (Å²) in [7, 11) is -2.59. The van der Waals surface area contributed by atoms with E-state index in [0.29, 0.717) is 6.54 Å². The maximum absolute atomic E-state index is 12.5. The minimum atomic E-state index is -3.90. The highest BCUT2D eigenvalue weighted by atomic mass is 32.2. The molecular weight excluding hydrogens is 294 g/mol. The topological polar surface area (TPSA) is 92.5 Å². The van der Waals surface area contributed by atoms with Crippen LogP contribution < -0.4 is 4.31 Å². The molecule has 0 saturated carbocycles. The number of para-hydroxylation sites is 1. The summed E-state index contributed by atoms with van der Waals surface area (Å²) in [6.45, 7) is 2.46. The molecule has 0 radical (unpaired) electrons. The monoisotopic (exact) mass is 309 g/mol. The third kappa shape index (κ3) is 2.75. The molecule has 21 heavy (non-hydrogen) atoms. The van der Waals surface area contributed by atoms with E-state index in [-0.39, 0.29) is 16.3 Å². The number of aryl methyl sites for hydroxylation is 1. The van der Waals surface area contributed by atoms with Crippen molar-refractivity contribution in [2.45, 2.75) is 18.5 Å². The van der Waals surface area contributed by atoms with Gasteiger partial charge in [-0.1, -0.05) is 12.1 Å². The van der Waals surface area contributed by atoms with Crippen molar-refractivity contribution in [1.29, 1.82) is 0 Å². The number of imidazole rings is 1. The summed E-state index contributed by atoms with van der Waals surface area (Å²) in [5.74, 6) is -1.19. The molecule has 0 amide bonds. The first-order valence-electron chi connectivity index (χ1n) is 6.21. The van der Waals surface area contributed by atoms with E-state index in [2.05, 4.69) is 4.98 Å². The molecule has 0 aliphatic rings. The van der Waals surface area contributed by atoms with E-state index in [1.54, 1.807) is 16.7 Å². The van der Waals surface area contributed by atoms with Crippen LogP contribution in [0.1, 0.15) is 17.3 Å². The molecule has 2 rings (SSSR count). The number of carbonyl (C=O) groups is 1. The third-order valence-corrected chi connectivity index (χ3v) is 4.73. The van der Waals surface area contributed by atoms with E-state index < -0.39 is 16.0 Å². The molecule has 0 aliphatic carbocycles. The molecule has 1 N–H and O–H groups in total. The minimum absolute atomic E-state index is 0.0847. The Bertz CT molecular complexity index is 767. The second kappa shape index (κ2) is 5.57. The van der Waals surface area contributed by atoms with Crippen LogP contribution in [0.15, 0.2) is 41.8 Å². The first-order valence-corrected chi connectivity index (χ1v) is 7.65. The highest BCUT2D eigenvalue weighted by Crippen LogP contribution is 2.24. The van der Waals surface area contributed by atoms with Gasteiger partial charge in [-0.3, -0.25) is 4.31 Å². The molecule has 0 fully saturated rings. The van der Waals surface area contributed by atoms with Crippen LogP contribution >= 0.6 is 0 Å². The van der Waals surface area contributed by atoms with Gasteiger partial charge in [-0.15, -0.1) is 0 Å². The Hall–Kier alpha value is -2.35. The van der Waals surface area contributed by atoms with Crippen molar-refractivity contribution in [2.24, 2.45) is 0 Å². The number of carboxylic acid groups (broad SMARTS) is 1. The summed E-state index contributed by atoms with van der Waals surface area (Å²) < 4.78 is 27.5. The van der Waals surface area contributed by atoms with E-state index in [9.17, 15) is 13.2 Å². The van der Waals surface area contributed by atoms with Gasteiger partial charge >= 0.3 is 5.97 Å². The summed E-state index contributed by atoms with van der Waals surface area (Å²) in [6.07, 6.45) is 2.83. The zero-order chi connectivity index (χ0) is 15.6. The Morgan fingerprint density at radius 3 is 2.62 bits per heavy atom. The van der Waals surface area contributed by atoms with Gasteiger partial charge in [0.15, 0.2) is 5.03 Å². The van der Waals surface area contributed by atoms with Gasteiger partial charge in [-0.05, 0) is 19.1 Å². The molecule has 8 heteroatoms. The zero-order valence-electron chi connectivity index (χ0n) is 11.6. The number of aromatic nitrogens is 2. The summed E-state index contributed by atoms with van der Waals surface area (Å²) in [6, 6.07) is 5.92. The number of sulfonamides is 1. The number of carboxylic acids is 1. The quantitative estimate of drug-likeness (QED) is 0.902. The fraction of sp³-hybridized carbons (Fsp3) is 0.231. The molecule has 112 valence electrons. The van der Waals surface area contributed by atoms with Crippen LogP contribution in [0.3, 0.4) is 0 Å². The van der Waals surface area contributed by atoms with Gasteiger partial charge in [0.1, 0.15) is 0 Å². The average Bonchev–Trinajstić information content (AvgIpc) is 2.96. The van der Waals surface area contributed by atoms with Gasteiger partial charge in [-0.2, -0.15) is 8.42 Å². The predicted molar refractivity (Wildman–Crippen MR) is 76.9 cm³/mol. The van der Waals surface area contributed by atoms with Gasteiger partial charge in [0, 0.05) is 19.8 Å². The number of hydrogen-bond acceptors (Lipinski definition) is 4. The smallest absolute Gasteiger partial charge is 0.337 e. The predicted octanol–water partition coefficient (Wildman–Crippen LogP) is 1.43. The standard InChI is InChI=1S/C13H15N3O4S/c1-3-16-8-12(14-9-16)21(19,20)15(2)11-7-5-4-6-10(11)13(17)18/h4-9H,3H2,1-2H3,(H,17,18). The molecule has 0 saturated heterocycles. The molecule has 0 unspecified atom stereocenters. The Morgan fingerprint density at radius 1 is 1.38 bits per heavy atom. The Balaban J connectivity index is 2.48. The molecule has 0 aliphatic heterocycles. The normalized spacial score (nSPS) is 11.3. The molecule has 1 heterocycles. The summed E-state index contributed by atoms with van der Waals surface area (Å²) in [5.41, 5.74) is 0.00884. The van der Waals surface area contributed by atoms with E-state index in [0.717, 1.165) is 4.31 Å². The van der Waals surface area contributed by atoms with Crippen molar-refractivity contribution in [2.75, 3.05) is 11.4 Å². The summed E-state index contributed by atoms with van der Waals surface area (Å²) >= 11 is 0. The number of rotatable bonds is 5. The molecule has 0 atom stereocenters. The number of nitrogens with zero attached hydrogens (tertiary/aromatic N) is 3. The van der Waals surface area contributed by atoms with Crippen LogP contribution in [-0.4, -0.2) is 36.1 Å². The fourth-order valence-corrected chi connectivity index (χ4v) is 2.99. The molecule has 2 aromatic rings. The number of hydrogen-bond donors (Lipinski definition) is 1. The Kier molecular flexibility index (Phi) is 3.99. The van der Waals surface area contributed by atoms with Crippen molar-refractivity contribution in [3.63, 3.8) is 0 Å². The largest absolute Gasteiger partial charge is 0.478 e. The van der Waals surface area contributed by atoms with Gasteiger partial charge in [0.25, 0.3) is 10.0 Å². The first-order chi connectivity index (χ1) is 9.87. The minimum Gasteiger partial charge on any atom is -0.478 e. The van der Waals surface area contributed by atoms with Crippen molar-refractivity contribution in [1.82, 2.24) is 9.55 Å². The van der Waals surface area contributed by atoms with Crippen molar-refractivity contribution in [3.8, 4) is 0 Å². The SMILES string of the molecule is CCn1cnc(S(=O)(=O)N(C)c2ccccc2C(=O)O)c1. The van der Waals surface area contributed by atoms with Gasteiger partial charge < -0.3 is 9.67 Å². The van der Waals surface area contributed by atoms with Crippen LogP contribution in [0.4, 0.5) is 5.69 Å². The van der Waals surface area contributed by atoms with Gasteiger partial charge in [0.05, 0.1) is 17.6 Å². The maximum atomic E-state index is 12.5. The van der Waals surface area contributed by atoms with Crippen molar-refractivity contribution >= 4 is 21.7 Å². The van der Waals surface area contributed by atoms with Crippen LogP contribution in [0.25, 0.3) is 0 Å². The number of benzene rings is 1. The Morgan fingerprint density at radius 2 is 2.05 bits per heavy atom. The van der Waals surface area contributed by atoms with E-state index in [1.165, 1.54) is 31.7 Å². The van der Waals surface area contributed by atoms with Crippen LogP contribution in [0.2, 0.25) is 0 Å². The summed E-state index contributed by atoms with van der Waals surface area (Å²) in [5, 5.41) is 9.03. The Labute approximate surface area is 122 Å². The second-order valence-corrected chi connectivity index (χ2v) is 6.25. The lowest BCUT2D eigenvalue weighted by molar-refractivity contribution is 0.0698. The molecule has 1 aromatic heterocycles. The molecule has 7 nitrogen and oxygen atoms in total. The van der Waals surface area contributed by atoms with Crippen molar-refractivity contribution < 1.29 is 18.3 Å². The molecule has 1 aromatic carbocycles. The van der Waals surface area contributed by atoms with Crippen molar-refractivity contribution in [3.05, 3.63) is 42.4 Å². The number of aromatic carboxylic acids is 1. The lowest BCUT2D eigenvalue weighted by Crippen LogP contribution is -2.28. The van der Waals surface area contributed by atoms with Crippen LogP contribution in [0.5, 0.6) is 0 Å². The molecular formula is C13H15N3O4S. The molecule has 0 spiro atoms. The zero-order valence-corrected chi connectivity index (χ0v) is 12.4. The highest BCUT2D eigenvalue weighted by Gasteiger charge is 2.26. The lowest BCUT2D eigenvalue weighted by atomic mass is 10.2. The van der Waals surface area contributed by atoms with Crippen LogP contribution in [-0.2, 0) is 16.6 Å². The fourth-order valence-electron chi connectivity index (χ4n) is 1.84. The average molecular weight is 309 g/mol. The van der Waals surface area contributed by atoms with E-state index in [1.807, 2.05) is 6.92 Å². The van der Waals surface area contributed by atoms with Gasteiger partial charge in [0.2, 0.25) is 0 Å². The lowest BCUT2D eigenvalue weighted by Gasteiger charge is -2.19. The summed E-state index contributed by atoms with van der Waals surface area (Å²) in [4.78, 5) is 15.1. The second-order valence-electron chi connectivity index (χ2n) is 4.34. The maximum Gasteiger partial charge on any atom is 0.337 e. The first kappa shape index (κ1) is 15.0. The number of anilines is 1. The van der Waals surface area contributed by atoms with Crippen LogP contribution in [0, 0.1) is 0 Å². The third-order valence-electron chi connectivity index (χ3n) is 3.07.